The van der Waals surface area contributed by atoms with Crippen LogP contribution < -0.4 is 4.74 Å². The van der Waals surface area contributed by atoms with Crippen LogP contribution in [-0.4, -0.2) is 18.0 Å². The Kier molecular flexibility index (Phi) is 4.40. The molecule has 0 saturated heterocycles. The minimum absolute atomic E-state index is 0.124. The Balaban J connectivity index is 3.09. The topological polar surface area (TPSA) is 26.3 Å². The van der Waals surface area contributed by atoms with Gasteiger partial charge in [0.05, 0.1) is 5.88 Å². The van der Waals surface area contributed by atoms with E-state index in [1.54, 1.807) is 6.92 Å². The van der Waals surface area contributed by atoms with Crippen molar-refractivity contribution in [1.29, 1.82) is 0 Å². The zero-order valence-electron chi connectivity index (χ0n) is 8.97. The molecule has 0 fully saturated rings. The maximum atomic E-state index is 12.1. The Morgan fingerprint density at radius 2 is 2.00 bits per heavy atom. The molecule has 0 aromatic heterocycles. The molecule has 0 atom stereocenters. The van der Waals surface area contributed by atoms with E-state index in [0.29, 0.717) is 12.0 Å². The standard InChI is InChI=1S/C11H10ClF3O2/c1-2-7-3-8(10(16)6-12)5-9(4-7)17-11(13,14)15/h3-5H,2,6H2,1H3. The number of rotatable bonds is 4. The quantitative estimate of drug-likeness (QED) is 0.615. The summed E-state index contributed by atoms with van der Waals surface area (Å²) in [6, 6.07) is 3.80. The molecule has 0 aliphatic rings. The first-order valence-corrected chi connectivity index (χ1v) is 5.38. The normalized spacial score (nSPS) is 11.4. The van der Waals surface area contributed by atoms with E-state index < -0.39 is 17.9 Å². The van der Waals surface area contributed by atoms with Gasteiger partial charge in [0.15, 0.2) is 5.78 Å². The molecule has 0 aliphatic heterocycles. The van der Waals surface area contributed by atoms with Crippen molar-refractivity contribution in [2.45, 2.75) is 19.7 Å². The highest BCUT2D eigenvalue weighted by atomic mass is 35.5. The van der Waals surface area contributed by atoms with E-state index in [0.717, 1.165) is 6.07 Å². The molecule has 1 aromatic carbocycles. The van der Waals surface area contributed by atoms with Gasteiger partial charge < -0.3 is 4.74 Å². The van der Waals surface area contributed by atoms with Gasteiger partial charge in [-0.2, -0.15) is 0 Å². The van der Waals surface area contributed by atoms with Crippen molar-refractivity contribution < 1.29 is 22.7 Å². The van der Waals surface area contributed by atoms with Crippen LogP contribution in [0.3, 0.4) is 0 Å². The number of benzene rings is 1. The monoisotopic (exact) mass is 266 g/mol. The van der Waals surface area contributed by atoms with Gasteiger partial charge in [0.1, 0.15) is 5.75 Å². The Hall–Kier alpha value is -1.23. The van der Waals surface area contributed by atoms with Crippen molar-refractivity contribution in [3.63, 3.8) is 0 Å². The van der Waals surface area contributed by atoms with Crippen LogP contribution in [0.2, 0.25) is 0 Å². The molecule has 6 heteroatoms. The van der Waals surface area contributed by atoms with Crippen LogP contribution >= 0.6 is 11.6 Å². The van der Waals surface area contributed by atoms with Gasteiger partial charge in [-0.3, -0.25) is 4.79 Å². The lowest BCUT2D eigenvalue weighted by atomic mass is 10.1. The van der Waals surface area contributed by atoms with E-state index >= 15 is 0 Å². The third kappa shape index (κ3) is 4.26. The number of ketones is 1. The van der Waals surface area contributed by atoms with Crippen LogP contribution in [0.15, 0.2) is 18.2 Å². The van der Waals surface area contributed by atoms with Gasteiger partial charge in [-0.25, -0.2) is 0 Å². The summed E-state index contributed by atoms with van der Waals surface area (Å²) in [6.07, 6.45) is -4.27. The minimum Gasteiger partial charge on any atom is -0.406 e. The van der Waals surface area contributed by atoms with Gasteiger partial charge in [-0.15, -0.1) is 24.8 Å². The molecule has 1 aromatic rings. The molecule has 2 nitrogen and oxygen atoms in total. The fourth-order valence-electron chi connectivity index (χ4n) is 1.30. The summed E-state index contributed by atoms with van der Waals surface area (Å²) >= 11 is 5.35. The summed E-state index contributed by atoms with van der Waals surface area (Å²) in [5, 5.41) is 0. The SMILES string of the molecule is CCc1cc(OC(F)(F)F)cc(C(=O)CCl)c1. The molecule has 0 N–H and O–H groups in total. The van der Waals surface area contributed by atoms with Gasteiger partial charge in [0.2, 0.25) is 0 Å². The van der Waals surface area contributed by atoms with Gasteiger partial charge in [0.25, 0.3) is 0 Å². The van der Waals surface area contributed by atoms with E-state index in [9.17, 15) is 18.0 Å². The second-order valence-corrected chi connectivity index (χ2v) is 3.59. The maximum Gasteiger partial charge on any atom is 0.573 e. The molecule has 0 aliphatic carbocycles. The lowest BCUT2D eigenvalue weighted by Gasteiger charge is -2.11. The number of carbonyl (C=O) groups is 1. The highest BCUT2D eigenvalue weighted by molar-refractivity contribution is 6.30. The van der Waals surface area contributed by atoms with Crippen molar-refractivity contribution in [3.8, 4) is 5.75 Å². The van der Waals surface area contributed by atoms with Crippen LogP contribution in [0, 0.1) is 0 Å². The van der Waals surface area contributed by atoms with Crippen LogP contribution in [0.5, 0.6) is 5.75 Å². The van der Waals surface area contributed by atoms with E-state index in [1.165, 1.54) is 12.1 Å². The minimum atomic E-state index is -4.77. The predicted octanol–water partition coefficient (Wildman–Crippen LogP) is 3.57. The number of ether oxygens (including phenoxy) is 1. The first-order chi connectivity index (χ1) is 7.85. The average Bonchev–Trinajstić information content (AvgIpc) is 2.25. The highest BCUT2D eigenvalue weighted by Crippen LogP contribution is 2.25. The van der Waals surface area contributed by atoms with E-state index in [2.05, 4.69) is 4.74 Å². The van der Waals surface area contributed by atoms with Crippen LogP contribution in [-0.2, 0) is 6.42 Å². The van der Waals surface area contributed by atoms with Crippen LogP contribution in [0.25, 0.3) is 0 Å². The number of alkyl halides is 4. The van der Waals surface area contributed by atoms with Crippen molar-refractivity contribution in [2.75, 3.05) is 5.88 Å². The molecule has 0 amide bonds. The van der Waals surface area contributed by atoms with Gasteiger partial charge >= 0.3 is 6.36 Å². The first-order valence-electron chi connectivity index (χ1n) is 4.84. The summed E-state index contributed by atoms with van der Waals surface area (Å²) in [6.45, 7) is 1.77. The third-order valence-corrected chi connectivity index (χ3v) is 2.29. The van der Waals surface area contributed by atoms with E-state index in [1.807, 2.05) is 0 Å². The van der Waals surface area contributed by atoms with Gasteiger partial charge in [0, 0.05) is 5.56 Å². The summed E-state index contributed by atoms with van der Waals surface area (Å²) in [4.78, 5) is 11.3. The lowest BCUT2D eigenvalue weighted by molar-refractivity contribution is -0.274. The fraction of sp³-hybridized carbons (Fsp3) is 0.364. The second kappa shape index (κ2) is 5.40. The molecule has 0 radical (unpaired) electrons. The summed E-state index contributed by atoms with van der Waals surface area (Å²) < 4.78 is 40.0. The van der Waals surface area contributed by atoms with Crippen molar-refractivity contribution >= 4 is 17.4 Å². The molecular weight excluding hydrogens is 257 g/mol. The summed E-state index contributed by atoms with van der Waals surface area (Å²) in [5.41, 5.74) is 0.707. The molecule has 0 spiro atoms. The fourth-order valence-corrected chi connectivity index (χ4v) is 1.45. The Bertz CT molecular complexity index is 416. The second-order valence-electron chi connectivity index (χ2n) is 3.32. The number of hydrogen-bond donors (Lipinski definition) is 0. The number of halogens is 4. The number of carbonyl (C=O) groups excluding carboxylic acids is 1. The van der Waals surface area contributed by atoms with Crippen molar-refractivity contribution in [2.24, 2.45) is 0 Å². The average molecular weight is 267 g/mol. The molecule has 0 saturated carbocycles. The van der Waals surface area contributed by atoms with E-state index in [4.69, 9.17) is 11.6 Å². The molecule has 0 heterocycles. The summed E-state index contributed by atoms with van der Waals surface area (Å²) in [7, 11) is 0. The smallest absolute Gasteiger partial charge is 0.406 e. The van der Waals surface area contributed by atoms with Crippen molar-refractivity contribution in [3.05, 3.63) is 29.3 Å². The van der Waals surface area contributed by atoms with Gasteiger partial charge in [-0.1, -0.05) is 6.92 Å². The van der Waals surface area contributed by atoms with Gasteiger partial charge in [-0.05, 0) is 30.2 Å². The number of Topliss-reactive ketones (excluding diaryl/α,β-unsaturated/α-hetero) is 1. The third-order valence-electron chi connectivity index (χ3n) is 2.05. The summed E-state index contributed by atoms with van der Waals surface area (Å²) in [5.74, 6) is -1.11. The molecule has 1 rings (SSSR count). The Morgan fingerprint density at radius 3 is 2.47 bits per heavy atom. The Labute approximate surface area is 101 Å². The molecule has 0 unspecified atom stereocenters. The first kappa shape index (κ1) is 13.8. The number of aryl methyl sites for hydroxylation is 1. The van der Waals surface area contributed by atoms with Crippen LogP contribution in [0.1, 0.15) is 22.8 Å². The predicted molar refractivity (Wildman–Crippen MR) is 57.6 cm³/mol. The molecular formula is C11H10ClF3O2. The maximum absolute atomic E-state index is 12.1. The van der Waals surface area contributed by atoms with Crippen molar-refractivity contribution in [1.82, 2.24) is 0 Å². The molecule has 94 valence electrons. The molecule has 0 bridgehead atoms. The molecule has 17 heavy (non-hydrogen) atoms. The Morgan fingerprint density at radius 1 is 1.35 bits per heavy atom. The van der Waals surface area contributed by atoms with E-state index in [-0.39, 0.29) is 11.4 Å². The highest BCUT2D eigenvalue weighted by Gasteiger charge is 2.31. The van der Waals surface area contributed by atoms with Crippen LogP contribution in [0.4, 0.5) is 13.2 Å². The number of hydrogen-bond acceptors (Lipinski definition) is 2. The lowest BCUT2D eigenvalue weighted by Crippen LogP contribution is -2.17. The largest absolute Gasteiger partial charge is 0.573 e. The zero-order valence-corrected chi connectivity index (χ0v) is 9.73. The zero-order chi connectivity index (χ0) is 13.1.